The van der Waals surface area contributed by atoms with Crippen molar-refractivity contribution in [1.82, 2.24) is 0 Å². The van der Waals surface area contributed by atoms with E-state index in [1.165, 1.54) is 7.11 Å². The highest BCUT2D eigenvalue weighted by molar-refractivity contribution is 5.97. The Hall–Kier alpha value is -2.82. The van der Waals surface area contributed by atoms with Gasteiger partial charge in [-0.25, -0.2) is 4.79 Å². The molecule has 1 atom stereocenters. The van der Waals surface area contributed by atoms with Gasteiger partial charge in [0.25, 0.3) is 5.91 Å². The lowest BCUT2D eigenvalue weighted by molar-refractivity contribution is -0.122. The quantitative estimate of drug-likeness (QED) is 0.755. The average Bonchev–Trinajstić information content (AvgIpc) is 2.62. The van der Waals surface area contributed by atoms with Gasteiger partial charge in [0.1, 0.15) is 5.75 Å². The maximum Gasteiger partial charge on any atom is 0.337 e. The molecule has 0 saturated heterocycles. The zero-order valence-corrected chi connectivity index (χ0v) is 16.8. The van der Waals surface area contributed by atoms with Crippen molar-refractivity contribution in [3.63, 3.8) is 0 Å². The van der Waals surface area contributed by atoms with Crippen LogP contribution < -0.4 is 10.1 Å². The number of rotatable bonds is 6. The van der Waals surface area contributed by atoms with Gasteiger partial charge in [0.15, 0.2) is 6.10 Å². The Bertz CT molecular complexity index is 842. The first-order valence-electron chi connectivity index (χ1n) is 9.00. The maximum atomic E-state index is 12.6. The summed E-state index contributed by atoms with van der Waals surface area (Å²) in [5, 5.41) is 2.84. The van der Waals surface area contributed by atoms with Crippen LogP contribution in [0, 0.1) is 13.8 Å². The van der Waals surface area contributed by atoms with E-state index in [0.29, 0.717) is 17.0 Å². The molecule has 0 aliphatic rings. The highest BCUT2D eigenvalue weighted by Gasteiger charge is 2.19. The predicted octanol–water partition coefficient (Wildman–Crippen LogP) is 4.62. The van der Waals surface area contributed by atoms with Crippen LogP contribution in [-0.4, -0.2) is 25.1 Å². The number of carbonyl (C=O) groups excluding carboxylic acids is 2. The highest BCUT2D eigenvalue weighted by atomic mass is 16.5. The van der Waals surface area contributed by atoms with E-state index in [-0.39, 0.29) is 11.8 Å². The number of hydrogen-bond donors (Lipinski definition) is 1. The molecule has 2 rings (SSSR count). The fraction of sp³-hybridized carbons (Fsp3) is 0.364. The zero-order valence-electron chi connectivity index (χ0n) is 16.8. The number of esters is 1. The molecule has 1 amide bonds. The summed E-state index contributed by atoms with van der Waals surface area (Å²) < 4.78 is 10.7. The van der Waals surface area contributed by atoms with E-state index in [2.05, 4.69) is 19.2 Å². The third kappa shape index (κ3) is 5.09. The van der Waals surface area contributed by atoms with Gasteiger partial charge in [-0.3, -0.25) is 4.79 Å². The number of ether oxygens (including phenoxy) is 2. The average molecular weight is 369 g/mol. The van der Waals surface area contributed by atoms with E-state index >= 15 is 0 Å². The van der Waals surface area contributed by atoms with Gasteiger partial charge in [0.05, 0.1) is 12.7 Å². The normalized spacial score (nSPS) is 11.8. The fourth-order valence-electron chi connectivity index (χ4n) is 2.70. The minimum Gasteiger partial charge on any atom is -0.481 e. The largest absolute Gasteiger partial charge is 0.481 e. The number of hydrogen-bond acceptors (Lipinski definition) is 4. The second kappa shape index (κ2) is 8.71. The lowest BCUT2D eigenvalue weighted by atomic mass is 10.0. The molecule has 2 aromatic carbocycles. The van der Waals surface area contributed by atoms with E-state index in [9.17, 15) is 9.59 Å². The molecule has 0 aliphatic heterocycles. The molecule has 0 radical (unpaired) electrons. The summed E-state index contributed by atoms with van der Waals surface area (Å²) in [5.41, 5.74) is 3.92. The molecule has 0 aromatic heterocycles. The lowest BCUT2D eigenvalue weighted by Gasteiger charge is -2.20. The molecule has 0 saturated carbocycles. The highest BCUT2D eigenvalue weighted by Crippen LogP contribution is 2.28. The zero-order chi connectivity index (χ0) is 20.1. The molecule has 0 aliphatic carbocycles. The third-order valence-corrected chi connectivity index (χ3v) is 4.38. The fourth-order valence-corrected chi connectivity index (χ4v) is 2.70. The number of anilines is 1. The van der Waals surface area contributed by atoms with Crippen molar-refractivity contribution in [2.75, 3.05) is 12.4 Å². The minimum absolute atomic E-state index is 0.281. The summed E-state index contributed by atoms with van der Waals surface area (Å²) in [6, 6.07) is 11.1. The molecule has 0 spiro atoms. The van der Waals surface area contributed by atoms with E-state index in [1.54, 1.807) is 25.1 Å². The summed E-state index contributed by atoms with van der Waals surface area (Å²) in [6.07, 6.45) is -0.689. The van der Waals surface area contributed by atoms with Crippen LogP contribution >= 0.6 is 0 Å². The summed E-state index contributed by atoms with van der Waals surface area (Å²) in [7, 11) is 1.32. The topological polar surface area (TPSA) is 64.6 Å². The van der Waals surface area contributed by atoms with E-state index in [0.717, 1.165) is 16.7 Å². The number of carbonyl (C=O) groups is 2. The van der Waals surface area contributed by atoms with Crippen molar-refractivity contribution in [2.45, 2.75) is 46.6 Å². The van der Waals surface area contributed by atoms with Gasteiger partial charge >= 0.3 is 5.97 Å². The van der Waals surface area contributed by atoms with E-state index in [1.807, 2.05) is 32.0 Å². The maximum absolute atomic E-state index is 12.6. The van der Waals surface area contributed by atoms with Gasteiger partial charge in [0, 0.05) is 5.69 Å². The van der Waals surface area contributed by atoms with Crippen molar-refractivity contribution in [3.05, 3.63) is 58.7 Å². The minimum atomic E-state index is -0.689. The number of benzene rings is 2. The van der Waals surface area contributed by atoms with Crippen molar-refractivity contribution in [1.29, 1.82) is 0 Å². The van der Waals surface area contributed by atoms with Crippen molar-refractivity contribution in [2.24, 2.45) is 0 Å². The van der Waals surface area contributed by atoms with Crippen LogP contribution in [-0.2, 0) is 9.53 Å². The molecule has 5 nitrogen and oxygen atoms in total. The number of aryl methyl sites for hydroxylation is 2. The summed E-state index contributed by atoms with van der Waals surface area (Å²) in [5.74, 6) is 0.273. The standard InChI is InChI=1S/C22H27NO4/c1-13(2)18-10-7-14(3)11-20(18)27-16(5)21(24)23-19-12-17(22(25)26-6)9-8-15(19)4/h7-13,16H,1-6H3,(H,23,24). The van der Waals surface area contributed by atoms with Crippen molar-refractivity contribution < 1.29 is 19.1 Å². The molecule has 0 bridgehead atoms. The second-order valence-corrected chi connectivity index (χ2v) is 6.97. The van der Waals surface area contributed by atoms with Crippen LogP contribution in [0.25, 0.3) is 0 Å². The first kappa shape index (κ1) is 20.5. The Morgan fingerprint density at radius 1 is 1.00 bits per heavy atom. The van der Waals surface area contributed by atoms with Gasteiger partial charge in [-0.15, -0.1) is 0 Å². The third-order valence-electron chi connectivity index (χ3n) is 4.38. The van der Waals surface area contributed by atoms with Crippen LogP contribution in [0.15, 0.2) is 36.4 Å². The van der Waals surface area contributed by atoms with Gasteiger partial charge in [0.2, 0.25) is 0 Å². The smallest absolute Gasteiger partial charge is 0.337 e. The van der Waals surface area contributed by atoms with Crippen LogP contribution in [0.2, 0.25) is 0 Å². The molecule has 5 heteroatoms. The first-order valence-corrected chi connectivity index (χ1v) is 9.00. The summed E-state index contributed by atoms with van der Waals surface area (Å²) >= 11 is 0. The lowest BCUT2D eigenvalue weighted by Crippen LogP contribution is -2.30. The summed E-state index contributed by atoms with van der Waals surface area (Å²) in [4.78, 5) is 24.3. The SMILES string of the molecule is COC(=O)c1ccc(C)c(NC(=O)C(C)Oc2cc(C)ccc2C(C)C)c1. The van der Waals surface area contributed by atoms with Crippen LogP contribution in [0.3, 0.4) is 0 Å². The van der Waals surface area contributed by atoms with E-state index < -0.39 is 12.1 Å². The predicted molar refractivity (Wildman–Crippen MR) is 107 cm³/mol. The van der Waals surface area contributed by atoms with Crippen LogP contribution in [0.4, 0.5) is 5.69 Å². The molecule has 0 heterocycles. The Labute approximate surface area is 160 Å². The Morgan fingerprint density at radius 2 is 1.70 bits per heavy atom. The molecular formula is C22H27NO4. The van der Waals surface area contributed by atoms with E-state index in [4.69, 9.17) is 9.47 Å². The first-order chi connectivity index (χ1) is 12.7. The Morgan fingerprint density at radius 3 is 2.33 bits per heavy atom. The number of methoxy groups -OCH3 is 1. The van der Waals surface area contributed by atoms with Gasteiger partial charge in [-0.2, -0.15) is 0 Å². The van der Waals surface area contributed by atoms with Gasteiger partial charge in [-0.05, 0) is 61.6 Å². The summed E-state index contributed by atoms with van der Waals surface area (Å²) in [6.45, 7) is 9.73. The molecule has 0 fully saturated rings. The Balaban J connectivity index is 2.17. The van der Waals surface area contributed by atoms with Gasteiger partial charge in [-0.1, -0.05) is 32.0 Å². The van der Waals surface area contributed by atoms with Crippen molar-refractivity contribution in [3.8, 4) is 5.75 Å². The molecule has 144 valence electrons. The molecular weight excluding hydrogens is 342 g/mol. The van der Waals surface area contributed by atoms with Crippen molar-refractivity contribution >= 4 is 17.6 Å². The van der Waals surface area contributed by atoms with Gasteiger partial charge < -0.3 is 14.8 Å². The van der Waals surface area contributed by atoms with Crippen LogP contribution in [0.5, 0.6) is 5.75 Å². The molecule has 2 aromatic rings. The molecule has 27 heavy (non-hydrogen) atoms. The molecule has 1 unspecified atom stereocenters. The van der Waals surface area contributed by atoms with Crippen LogP contribution in [0.1, 0.15) is 53.7 Å². The Kier molecular flexibility index (Phi) is 6.61. The monoisotopic (exact) mass is 369 g/mol. The second-order valence-electron chi connectivity index (χ2n) is 6.97. The number of nitrogens with one attached hydrogen (secondary N) is 1. The number of amides is 1. The molecule has 1 N–H and O–H groups in total.